The van der Waals surface area contributed by atoms with Crippen molar-refractivity contribution in [3.63, 3.8) is 0 Å². The second-order valence-electron chi connectivity index (χ2n) is 5.54. The number of fused-ring (bicyclic) bond motifs is 1. The van der Waals surface area contributed by atoms with Crippen LogP contribution in [0.25, 0.3) is 10.8 Å². The minimum absolute atomic E-state index is 0.168. The number of rotatable bonds is 3. The minimum Gasteiger partial charge on any atom is -0.487 e. The average molecular weight is 272 g/mol. The highest BCUT2D eigenvalue weighted by atomic mass is 16.5. The second kappa shape index (κ2) is 5.43. The lowest BCUT2D eigenvalue weighted by molar-refractivity contribution is 0.0588. The topological polar surface area (TPSA) is 49.7 Å². The third kappa shape index (κ3) is 2.39. The maximum absolute atomic E-state index is 9.96. The summed E-state index contributed by atoms with van der Waals surface area (Å²) in [5.41, 5.74) is 0.780. The van der Waals surface area contributed by atoms with E-state index in [-0.39, 0.29) is 6.10 Å². The number of benzene rings is 2. The Morgan fingerprint density at radius 2 is 1.95 bits per heavy atom. The highest BCUT2D eigenvalue weighted by molar-refractivity contribution is 5.89. The number of aliphatic hydroxyl groups excluding tert-OH is 2. The Morgan fingerprint density at radius 3 is 2.65 bits per heavy atom. The van der Waals surface area contributed by atoms with Crippen molar-refractivity contribution in [3.8, 4) is 5.75 Å². The Labute approximate surface area is 118 Å². The lowest BCUT2D eigenvalue weighted by atomic mass is 10.0. The van der Waals surface area contributed by atoms with Gasteiger partial charge in [-0.25, -0.2) is 0 Å². The Morgan fingerprint density at radius 1 is 1.15 bits per heavy atom. The number of ether oxygens (including phenoxy) is 1. The molecule has 1 saturated carbocycles. The molecule has 3 nitrogen and oxygen atoms in total. The first kappa shape index (κ1) is 13.4. The fourth-order valence-electron chi connectivity index (χ4n) is 2.92. The van der Waals surface area contributed by atoms with Crippen molar-refractivity contribution < 1.29 is 14.9 Å². The van der Waals surface area contributed by atoms with Crippen molar-refractivity contribution >= 4 is 10.8 Å². The Balaban J connectivity index is 2.07. The van der Waals surface area contributed by atoms with E-state index in [0.29, 0.717) is 5.75 Å². The molecule has 106 valence electrons. The van der Waals surface area contributed by atoms with Gasteiger partial charge in [0.05, 0.1) is 12.2 Å². The summed E-state index contributed by atoms with van der Waals surface area (Å²) in [5.74, 6) is 0.712. The molecule has 2 unspecified atom stereocenters. The SMILES string of the molecule is C[C@H](O)c1ccc2ccccc2c1OC1CCCC1O. The quantitative estimate of drug-likeness (QED) is 0.902. The maximum atomic E-state index is 9.96. The van der Waals surface area contributed by atoms with Crippen molar-refractivity contribution in [3.05, 3.63) is 42.0 Å². The summed E-state index contributed by atoms with van der Waals surface area (Å²) >= 11 is 0. The van der Waals surface area contributed by atoms with Crippen LogP contribution in [0.3, 0.4) is 0 Å². The van der Waals surface area contributed by atoms with Gasteiger partial charge in [-0.3, -0.25) is 0 Å². The van der Waals surface area contributed by atoms with Gasteiger partial charge in [-0.05, 0) is 31.6 Å². The molecule has 1 aliphatic carbocycles. The molecule has 0 aromatic heterocycles. The van der Waals surface area contributed by atoms with E-state index in [4.69, 9.17) is 4.74 Å². The molecule has 0 amide bonds. The summed E-state index contributed by atoms with van der Waals surface area (Å²) in [7, 11) is 0. The van der Waals surface area contributed by atoms with E-state index in [2.05, 4.69) is 0 Å². The van der Waals surface area contributed by atoms with Crippen LogP contribution < -0.4 is 4.74 Å². The van der Waals surface area contributed by atoms with Crippen LogP contribution in [-0.4, -0.2) is 22.4 Å². The van der Waals surface area contributed by atoms with E-state index < -0.39 is 12.2 Å². The first-order valence-electron chi connectivity index (χ1n) is 7.21. The molecule has 0 saturated heterocycles. The molecular weight excluding hydrogens is 252 g/mol. The number of hydrogen-bond acceptors (Lipinski definition) is 3. The van der Waals surface area contributed by atoms with Gasteiger partial charge in [0.1, 0.15) is 11.9 Å². The largest absolute Gasteiger partial charge is 0.487 e. The van der Waals surface area contributed by atoms with Gasteiger partial charge in [-0.1, -0.05) is 36.4 Å². The molecule has 20 heavy (non-hydrogen) atoms. The zero-order valence-electron chi connectivity index (χ0n) is 11.6. The van der Waals surface area contributed by atoms with Crippen LogP contribution in [0.1, 0.15) is 37.9 Å². The highest BCUT2D eigenvalue weighted by Gasteiger charge is 2.28. The third-order valence-electron chi connectivity index (χ3n) is 4.05. The Kier molecular flexibility index (Phi) is 3.64. The van der Waals surface area contributed by atoms with Gasteiger partial charge < -0.3 is 14.9 Å². The molecule has 1 aliphatic rings. The summed E-state index contributed by atoms with van der Waals surface area (Å²) in [6, 6.07) is 11.9. The summed E-state index contributed by atoms with van der Waals surface area (Å²) in [4.78, 5) is 0. The molecule has 0 spiro atoms. The first-order chi connectivity index (χ1) is 9.66. The molecule has 3 heteroatoms. The monoisotopic (exact) mass is 272 g/mol. The lowest BCUT2D eigenvalue weighted by Crippen LogP contribution is -2.26. The maximum Gasteiger partial charge on any atom is 0.133 e. The van der Waals surface area contributed by atoms with Crippen molar-refractivity contribution in [2.75, 3.05) is 0 Å². The predicted molar refractivity (Wildman–Crippen MR) is 78.9 cm³/mol. The van der Waals surface area contributed by atoms with Crippen LogP contribution >= 0.6 is 0 Å². The fraction of sp³-hybridized carbons (Fsp3) is 0.412. The van der Waals surface area contributed by atoms with Gasteiger partial charge in [-0.2, -0.15) is 0 Å². The van der Waals surface area contributed by atoms with Crippen LogP contribution in [0.4, 0.5) is 0 Å². The van der Waals surface area contributed by atoms with Crippen molar-refractivity contribution in [1.29, 1.82) is 0 Å². The third-order valence-corrected chi connectivity index (χ3v) is 4.05. The molecule has 2 aromatic carbocycles. The standard InChI is InChI=1S/C17H20O3/c1-11(18)13-10-9-12-5-2-3-6-14(12)17(13)20-16-8-4-7-15(16)19/h2-3,5-6,9-11,15-16,18-19H,4,7-8H2,1H3/t11-,15?,16?/m0/s1. The highest BCUT2D eigenvalue weighted by Crippen LogP contribution is 2.36. The number of aliphatic hydroxyl groups is 2. The predicted octanol–water partition coefficient (Wildman–Crippen LogP) is 3.19. The normalized spacial score (nSPS) is 23.9. The summed E-state index contributed by atoms with van der Waals surface area (Å²) in [6.45, 7) is 1.74. The van der Waals surface area contributed by atoms with Crippen molar-refractivity contribution in [2.24, 2.45) is 0 Å². The van der Waals surface area contributed by atoms with Crippen LogP contribution in [0, 0.1) is 0 Å². The van der Waals surface area contributed by atoms with Crippen LogP contribution in [0.5, 0.6) is 5.75 Å². The van der Waals surface area contributed by atoms with Gasteiger partial charge in [-0.15, -0.1) is 0 Å². The van der Waals surface area contributed by atoms with Gasteiger partial charge in [0.15, 0.2) is 0 Å². The first-order valence-corrected chi connectivity index (χ1v) is 7.21. The van der Waals surface area contributed by atoms with E-state index in [9.17, 15) is 10.2 Å². The van der Waals surface area contributed by atoms with Crippen molar-refractivity contribution in [2.45, 2.75) is 44.5 Å². The van der Waals surface area contributed by atoms with Gasteiger partial charge >= 0.3 is 0 Å². The summed E-state index contributed by atoms with van der Waals surface area (Å²) in [6.07, 6.45) is 1.48. The molecule has 2 N–H and O–H groups in total. The van der Waals surface area contributed by atoms with Crippen LogP contribution in [-0.2, 0) is 0 Å². The fourth-order valence-corrected chi connectivity index (χ4v) is 2.92. The van der Waals surface area contributed by atoms with Gasteiger partial charge in [0.25, 0.3) is 0 Å². The van der Waals surface area contributed by atoms with E-state index in [1.54, 1.807) is 6.92 Å². The Hall–Kier alpha value is -1.58. The van der Waals surface area contributed by atoms with Crippen LogP contribution in [0.2, 0.25) is 0 Å². The van der Waals surface area contributed by atoms with Gasteiger partial charge in [0, 0.05) is 10.9 Å². The van der Waals surface area contributed by atoms with E-state index in [1.807, 2.05) is 36.4 Å². The molecule has 3 rings (SSSR count). The molecule has 3 atom stereocenters. The molecule has 0 radical (unpaired) electrons. The molecule has 0 heterocycles. The van der Waals surface area contributed by atoms with Crippen molar-refractivity contribution in [1.82, 2.24) is 0 Å². The molecule has 2 aromatic rings. The number of hydrogen-bond donors (Lipinski definition) is 2. The lowest BCUT2D eigenvalue weighted by Gasteiger charge is -2.22. The van der Waals surface area contributed by atoms with E-state index in [0.717, 1.165) is 35.6 Å². The van der Waals surface area contributed by atoms with Gasteiger partial charge in [0.2, 0.25) is 0 Å². The van der Waals surface area contributed by atoms with E-state index >= 15 is 0 Å². The van der Waals surface area contributed by atoms with E-state index in [1.165, 1.54) is 0 Å². The molecule has 0 bridgehead atoms. The summed E-state index contributed by atoms with van der Waals surface area (Å²) in [5, 5.41) is 22.0. The zero-order valence-corrected chi connectivity index (χ0v) is 11.6. The Bertz CT molecular complexity index is 606. The van der Waals surface area contributed by atoms with Crippen LogP contribution in [0.15, 0.2) is 36.4 Å². The molecule has 1 fully saturated rings. The molecular formula is C17H20O3. The smallest absolute Gasteiger partial charge is 0.133 e. The second-order valence-corrected chi connectivity index (χ2v) is 5.54. The average Bonchev–Trinajstić information content (AvgIpc) is 2.84. The molecule has 0 aliphatic heterocycles. The zero-order chi connectivity index (χ0) is 14.1. The minimum atomic E-state index is -0.590. The summed E-state index contributed by atoms with van der Waals surface area (Å²) < 4.78 is 6.08.